The van der Waals surface area contributed by atoms with Gasteiger partial charge in [-0.25, -0.2) is 0 Å². The number of rotatable bonds is 5. The molecular weight excluding hydrogens is 208 g/mol. The Morgan fingerprint density at radius 3 is 2.17 bits per heavy atom. The van der Waals surface area contributed by atoms with Crippen molar-refractivity contribution in [2.24, 2.45) is 5.73 Å². The first-order valence-electron chi connectivity index (χ1n) is 2.88. The van der Waals surface area contributed by atoms with Crippen LogP contribution in [0.15, 0.2) is 0 Å². The fourth-order valence-electron chi connectivity index (χ4n) is 0.334. The van der Waals surface area contributed by atoms with Crippen LogP contribution in [0.25, 0.3) is 0 Å². The molecule has 0 bridgehead atoms. The molecule has 0 radical (unpaired) electrons. The summed E-state index contributed by atoms with van der Waals surface area (Å²) in [4.78, 5) is 17.3. The highest BCUT2D eigenvalue weighted by Gasteiger charge is 2.23. The second kappa shape index (κ2) is 4.48. The summed E-state index contributed by atoms with van der Waals surface area (Å²) in [6.07, 6.45) is -0.839. The summed E-state index contributed by atoms with van der Waals surface area (Å²) in [6.45, 7) is 0.450. The topological polar surface area (TPSA) is 119 Å². The minimum absolute atomic E-state index is 0.448. The van der Waals surface area contributed by atoms with Crippen molar-refractivity contribution in [1.29, 1.82) is 0 Å². The van der Waals surface area contributed by atoms with Gasteiger partial charge < -0.3 is 15.5 Å². The van der Waals surface area contributed by atoms with Crippen LogP contribution in [0.2, 0.25) is 0 Å². The molecule has 0 aliphatic carbocycles. The van der Waals surface area contributed by atoms with E-state index in [1.54, 1.807) is 0 Å². The first-order valence-corrected chi connectivity index (χ1v) is 6.67. The van der Waals surface area contributed by atoms with E-state index in [4.69, 9.17) is 15.5 Å². The van der Waals surface area contributed by atoms with E-state index in [1.165, 1.54) is 0 Å². The van der Waals surface area contributed by atoms with Gasteiger partial charge in [0.1, 0.15) is 6.73 Å². The lowest BCUT2D eigenvalue weighted by Gasteiger charge is -2.11. The van der Waals surface area contributed by atoms with Crippen molar-refractivity contribution in [3.05, 3.63) is 0 Å². The SMILES string of the molecule is CP(=O)(O)OCP(=O)(O)OCN. The maximum absolute atomic E-state index is 10.8. The van der Waals surface area contributed by atoms with Gasteiger partial charge in [-0.1, -0.05) is 0 Å². The van der Waals surface area contributed by atoms with Gasteiger partial charge in [0.05, 0.1) is 0 Å². The van der Waals surface area contributed by atoms with Crippen LogP contribution >= 0.6 is 15.2 Å². The Labute approximate surface area is 69.6 Å². The summed E-state index contributed by atoms with van der Waals surface area (Å²) in [5.74, 6) is 0. The van der Waals surface area contributed by atoms with E-state index in [9.17, 15) is 9.13 Å². The Bertz CT molecular complexity index is 223. The van der Waals surface area contributed by atoms with Gasteiger partial charge in [0, 0.05) is 6.66 Å². The lowest BCUT2D eigenvalue weighted by molar-refractivity contribution is 0.225. The summed E-state index contributed by atoms with van der Waals surface area (Å²) in [5.41, 5.74) is 4.81. The van der Waals surface area contributed by atoms with Crippen LogP contribution in [0.1, 0.15) is 0 Å². The van der Waals surface area contributed by atoms with Crippen molar-refractivity contribution >= 4 is 15.2 Å². The largest absolute Gasteiger partial charge is 0.355 e. The van der Waals surface area contributed by atoms with Crippen LogP contribution in [-0.2, 0) is 18.2 Å². The summed E-state index contributed by atoms with van der Waals surface area (Å²) in [5, 5.41) is 0. The van der Waals surface area contributed by atoms with Crippen molar-refractivity contribution in [2.45, 2.75) is 0 Å². The van der Waals surface area contributed by atoms with Gasteiger partial charge in [-0.2, -0.15) is 0 Å². The van der Waals surface area contributed by atoms with Gasteiger partial charge in [-0.15, -0.1) is 0 Å². The minimum atomic E-state index is -3.97. The van der Waals surface area contributed by atoms with Gasteiger partial charge in [-0.3, -0.25) is 18.2 Å². The zero-order valence-corrected chi connectivity index (χ0v) is 8.20. The van der Waals surface area contributed by atoms with E-state index in [0.717, 1.165) is 6.66 Å². The van der Waals surface area contributed by atoms with Gasteiger partial charge >= 0.3 is 15.2 Å². The summed E-state index contributed by atoms with van der Waals surface area (Å²) < 4.78 is 29.6. The van der Waals surface area contributed by atoms with E-state index in [1.807, 2.05) is 0 Å². The van der Waals surface area contributed by atoms with Crippen molar-refractivity contribution in [3.8, 4) is 0 Å². The molecule has 9 heteroatoms. The molecule has 0 aromatic carbocycles. The Morgan fingerprint density at radius 1 is 1.33 bits per heavy atom. The van der Waals surface area contributed by atoms with Crippen LogP contribution in [0.5, 0.6) is 0 Å². The molecule has 0 rings (SSSR count). The number of hydrogen-bond acceptors (Lipinski definition) is 5. The van der Waals surface area contributed by atoms with Crippen LogP contribution in [0, 0.1) is 0 Å². The molecule has 0 fully saturated rings. The van der Waals surface area contributed by atoms with Gasteiger partial charge in [0.2, 0.25) is 0 Å². The van der Waals surface area contributed by atoms with Gasteiger partial charge in [0.25, 0.3) is 0 Å². The number of hydrogen-bond donors (Lipinski definition) is 3. The van der Waals surface area contributed by atoms with E-state index < -0.39 is 28.3 Å². The maximum Gasteiger partial charge on any atom is 0.355 e. The molecule has 12 heavy (non-hydrogen) atoms. The standard InChI is InChI=1S/C3H11NO6P2/c1-11(5,6)10-3-12(7,8)9-2-4/h2-4H2,1H3,(H,5,6)(H,7,8). The van der Waals surface area contributed by atoms with Crippen LogP contribution < -0.4 is 5.73 Å². The molecule has 7 nitrogen and oxygen atoms in total. The first-order chi connectivity index (χ1) is 5.27. The molecule has 2 unspecified atom stereocenters. The van der Waals surface area contributed by atoms with E-state index in [2.05, 4.69) is 9.05 Å². The Balaban J connectivity index is 3.93. The highest BCUT2D eigenvalue weighted by atomic mass is 31.2. The van der Waals surface area contributed by atoms with Crippen molar-refractivity contribution in [2.75, 3.05) is 19.7 Å². The van der Waals surface area contributed by atoms with Gasteiger partial charge in [-0.05, 0) is 0 Å². The molecule has 0 heterocycles. The summed E-state index contributed by atoms with van der Waals surface area (Å²) in [7, 11) is -7.71. The molecular formula is C3H11NO6P2. The van der Waals surface area contributed by atoms with Crippen LogP contribution in [-0.4, -0.2) is 29.5 Å². The lowest BCUT2D eigenvalue weighted by Crippen LogP contribution is -2.05. The summed E-state index contributed by atoms with van der Waals surface area (Å²) in [6, 6.07) is 0. The Morgan fingerprint density at radius 2 is 1.83 bits per heavy atom. The molecule has 0 aromatic heterocycles. The zero-order valence-electron chi connectivity index (χ0n) is 6.41. The third-order valence-corrected chi connectivity index (χ3v) is 2.56. The molecule has 0 spiro atoms. The Hall–Kier alpha value is 0.260. The maximum atomic E-state index is 10.8. The quantitative estimate of drug-likeness (QED) is 0.436. The lowest BCUT2D eigenvalue weighted by atomic mass is 11.4. The third-order valence-electron chi connectivity index (χ3n) is 0.737. The molecule has 0 aliphatic heterocycles. The molecule has 2 atom stereocenters. The predicted octanol–water partition coefficient (Wildman–Crippen LogP) is -0.106. The van der Waals surface area contributed by atoms with E-state index >= 15 is 0 Å². The molecule has 0 aliphatic rings. The van der Waals surface area contributed by atoms with Gasteiger partial charge in [0.15, 0.2) is 6.35 Å². The van der Waals surface area contributed by atoms with Crippen LogP contribution in [0.3, 0.4) is 0 Å². The highest BCUT2D eigenvalue weighted by Crippen LogP contribution is 2.47. The molecule has 4 N–H and O–H groups in total. The average molecular weight is 219 g/mol. The van der Waals surface area contributed by atoms with Crippen molar-refractivity contribution in [3.63, 3.8) is 0 Å². The van der Waals surface area contributed by atoms with E-state index in [-0.39, 0.29) is 0 Å². The molecule has 0 aromatic rings. The monoisotopic (exact) mass is 219 g/mol. The average Bonchev–Trinajstić information content (AvgIpc) is 1.83. The fraction of sp³-hybridized carbons (Fsp3) is 1.00. The fourth-order valence-corrected chi connectivity index (χ4v) is 2.08. The smallest absolute Gasteiger partial charge is 0.324 e. The van der Waals surface area contributed by atoms with E-state index in [0.29, 0.717) is 0 Å². The second-order valence-corrected chi connectivity index (χ2v) is 5.65. The molecule has 0 saturated heterocycles. The highest BCUT2D eigenvalue weighted by molar-refractivity contribution is 7.55. The predicted molar refractivity (Wildman–Crippen MR) is 41.7 cm³/mol. The summed E-state index contributed by atoms with van der Waals surface area (Å²) >= 11 is 0. The zero-order chi connectivity index (χ0) is 9.83. The van der Waals surface area contributed by atoms with Crippen LogP contribution in [0.4, 0.5) is 0 Å². The molecule has 0 saturated carbocycles. The number of nitrogens with two attached hydrogens (primary N) is 1. The van der Waals surface area contributed by atoms with Crippen molar-refractivity contribution < 1.29 is 28.0 Å². The Kier molecular flexibility index (Phi) is 4.58. The van der Waals surface area contributed by atoms with Crippen molar-refractivity contribution in [1.82, 2.24) is 0 Å². The first kappa shape index (κ1) is 12.3. The molecule has 74 valence electrons. The normalized spacial score (nSPS) is 21.3. The minimum Gasteiger partial charge on any atom is -0.324 e. The third kappa shape index (κ3) is 6.94. The molecule has 0 amide bonds. The second-order valence-electron chi connectivity index (χ2n) is 1.99.